The van der Waals surface area contributed by atoms with E-state index in [0.29, 0.717) is 17.5 Å². The molecule has 8 aromatic carbocycles. The predicted octanol–water partition coefficient (Wildman–Crippen LogP) is 15.5. The molecule has 3 aromatic heterocycles. The molecule has 65 heavy (non-hydrogen) atoms. The Morgan fingerprint density at radius 2 is 0.815 bits per heavy atom. The fourth-order valence-corrected chi connectivity index (χ4v) is 12.9. The Hall–Kier alpha value is -7.09. The lowest BCUT2D eigenvalue weighted by molar-refractivity contribution is 0.768. The molecule has 0 N–H and O–H groups in total. The van der Waals surface area contributed by atoms with Gasteiger partial charge in [-0.05, 0) is 103 Å². The van der Waals surface area contributed by atoms with Crippen LogP contribution in [0.4, 0.5) is 0 Å². The van der Waals surface area contributed by atoms with Gasteiger partial charge in [0.05, 0.1) is 23.2 Å². The number of thiophene rings is 2. The van der Waals surface area contributed by atoms with Crippen molar-refractivity contribution in [1.82, 2.24) is 15.0 Å². The Morgan fingerprint density at radius 1 is 0.369 bits per heavy atom. The topological polar surface area (TPSA) is 38.7 Å². The van der Waals surface area contributed by atoms with Gasteiger partial charge in [0.2, 0.25) is 0 Å². The Bertz CT molecular complexity index is 3390. The van der Waals surface area contributed by atoms with Gasteiger partial charge in [-0.2, -0.15) is 0 Å². The first-order chi connectivity index (χ1) is 31.8. The number of fused-ring (bicyclic) bond motifs is 5. The second-order valence-electron chi connectivity index (χ2n) is 18.0. The van der Waals surface area contributed by atoms with Crippen LogP contribution >= 0.6 is 22.7 Å². The van der Waals surface area contributed by atoms with Crippen LogP contribution in [-0.4, -0.2) is 23.0 Å². The highest BCUT2D eigenvalue weighted by Crippen LogP contribution is 2.57. The molecule has 3 nitrogen and oxygen atoms in total. The molecule has 0 saturated carbocycles. The number of hydrogen-bond acceptors (Lipinski definition) is 5. The fraction of sp³-hybridized carbons (Fsp3) is 0.0678. The molecule has 1 aliphatic rings. The Labute approximate surface area is 388 Å². The van der Waals surface area contributed by atoms with Crippen LogP contribution < -0.4 is 5.19 Å². The standard InChI is InChI=1S/C59H43N3S2Si/c1-65(2,3)47-22-14-17-40(33-47)42-30-32-51-49(35-42)48-34-41(29-31-50(48)59(51,45-18-6-4-7-19-45)46-20-8-5-9-21-46)38-25-27-39(28-26-38)56-60-57(54-36-43-15-10-12-23-52(43)63-54)62-58(61-56)55-37-44-16-11-13-24-53(44)64-55/h4-37H,1-3H3. The van der Waals surface area contributed by atoms with Crippen LogP contribution in [0, 0.1) is 0 Å². The summed E-state index contributed by atoms with van der Waals surface area (Å²) in [6.07, 6.45) is 0. The first-order valence-corrected chi connectivity index (χ1v) is 27.3. The molecule has 0 amide bonds. The van der Waals surface area contributed by atoms with Crippen molar-refractivity contribution in [3.63, 3.8) is 0 Å². The third-order valence-electron chi connectivity index (χ3n) is 13.0. The van der Waals surface area contributed by atoms with Gasteiger partial charge in [0.15, 0.2) is 17.5 Å². The maximum atomic E-state index is 5.14. The minimum atomic E-state index is -1.52. The van der Waals surface area contributed by atoms with Crippen molar-refractivity contribution in [2.24, 2.45) is 0 Å². The molecule has 0 unspecified atom stereocenters. The minimum Gasteiger partial charge on any atom is -0.207 e. The van der Waals surface area contributed by atoms with Crippen LogP contribution in [0.3, 0.4) is 0 Å². The Morgan fingerprint density at radius 3 is 1.34 bits per heavy atom. The van der Waals surface area contributed by atoms with Crippen molar-refractivity contribution in [2.45, 2.75) is 25.1 Å². The monoisotopic (exact) mass is 885 g/mol. The van der Waals surface area contributed by atoms with Crippen molar-refractivity contribution in [3.05, 3.63) is 229 Å². The molecule has 0 atom stereocenters. The molecule has 0 radical (unpaired) electrons. The lowest BCUT2D eigenvalue weighted by Gasteiger charge is -2.34. The van der Waals surface area contributed by atoms with E-state index >= 15 is 0 Å². The maximum Gasteiger partial charge on any atom is 0.174 e. The smallest absolute Gasteiger partial charge is 0.174 e. The average molecular weight is 886 g/mol. The number of nitrogens with zero attached hydrogens (tertiary/aromatic N) is 3. The number of rotatable bonds is 8. The van der Waals surface area contributed by atoms with E-state index in [2.05, 4.69) is 226 Å². The highest BCUT2D eigenvalue weighted by Gasteiger charge is 2.46. The average Bonchev–Trinajstić information content (AvgIpc) is 4.07. The quantitative estimate of drug-likeness (QED) is 0.143. The van der Waals surface area contributed by atoms with Crippen molar-refractivity contribution >= 4 is 56.1 Å². The van der Waals surface area contributed by atoms with E-state index < -0.39 is 13.5 Å². The van der Waals surface area contributed by atoms with Crippen LogP contribution in [0.15, 0.2) is 206 Å². The molecule has 310 valence electrons. The SMILES string of the molecule is C[Si](C)(C)c1cccc(-c2ccc3c(c2)-c2cc(-c4ccc(-c5nc(-c6cc7ccccc7s6)nc(-c6cc7ccccc7s6)n5)cc4)ccc2C3(c2ccccc2)c2ccccc2)c1. The summed E-state index contributed by atoms with van der Waals surface area (Å²) >= 11 is 3.44. The van der Waals surface area contributed by atoms with E-state index in [4.69, 9.17) is 15.0 Å². The minimum absolute atomic E-state index is 0.481. The molecule has 6 heteroatoms. The molecule has 0 bridgehead atoms. The summed E-state index contributed by atoms with van der Waals surface area (Å²) in [6.45, 7) is 7.27. The van der Waals surface area contributed by atoms with Gasteiger partial charge in [-0.1, -0.05) is 195 Å². The van der Waals surface area contributed by atoms with E-state index in [1.165, 1.54) is 69.9 Å². The summed E-state index contributed by atoms with van der Waals surface area (Å²) in [6, 6.07) is 75.7. The summed E-state index contributed by atoms with van der Waals surface area (Å²) in [5.41, 5.74) is 12.9. The van der Waals surface area contributed by atoms with E-state index in [0.717, 1.165) is 26.4 Å². The molecule has 3 heterocycles. The van der Waals surface area contributed by atoms with Crippen molar-refractivity contribution in [2.75, 3.05) is 0 Å². The van der Waals surface area contributed by atoms with E-state index in [-0.39, 0.29) is 0 Å². The van der Waals surface area contributed by atoms with Crippen molar-refractivity contribution < 1.29 is 0 Å². The molecular formula is C59H43N3S2Si. The number of aromatic nitrogens is 3. The van der Waals surface area contributed by atoms with Gasteiger partial charge in [0, 0.05) is 15.0 Å². The second-order valence-corrected chi connectivity index (χ2v) is 25.3. The first kappa shape index (κ1) is 39.5. The largest absolute Gasteiger partial charge is 0.207 e. The van der Waals surface area contributed by atoms with Gasteiger partial charge in [-0.3, -0.25) is 0 Å². The molecule has 0 fully saturated rings. The van der Waals surface area contributed by atoms with Gasteiger partial charge in [0.25, 0.3) is 0 Å². The van der Waals surface area contributed by atoms with Crippen LogP contribution in [0.5, 0.6) is 0 Å². The number of benzene rings is 8. The van der Waals surface area contributed by atoms with Gasteiger partial charge < -0.3 is 0 Å². The molecule has 11 aromatic rings. The van der Waals surface area contributed by atoms with Crippen LogP contribution in [-0.2, 0) is 5.41 Å². The lowest BCUT2D eigenvalue weighted by atomic mass is 9.67. The number of hydrogen-bond donors (Lipinski definition) is 0. The molecule has 1 aliphatic carbocycles. The molecule has 12 rings (SSSR count). The first-order valence-electron chi connectivity index (χ1n) is 22.2. The normalized spacial score (nSPS) is 13.0. The molecule has 0 saturated heterocycles. The van der Waals surface area contributed by atoms with Gasteiger partial charge >= 0.3 is 0 Å². The summed E-state index contributed by atoms with van der Waals surface area (Å²) in [7, 11) is -1.52. The van der Waals surface area contributed by atoms with E-state index in [1.807, 2.05) is 0 Å². The summed E-state index contributed by atoms with van der Waals surface area (Å²) in [4.78, 5) is 17.4. The zero-order valence-electron chi connectivity index (χ0n) is 36.3. The lowest BCUT2D eigenvalue weighted by Crippen LogP contribution is -2.37. The van der Waals surface area contributed by atoms with E-state index in [1.54, 1.807) is 22.7 Å². The van der Waals surface area contributed by atoms with Crippen LogP contribution in [0.2, 0.25) is 19.6 Å². The highest BCUT2D eigenvalue weighted by molar-refractivity contribution is 7.22. The molecule has 0 aliphatic heterocycles. The van der Waals surface area contributed by atoms with E-state index in [9.17, 15) is 0 Å². The third-order valence-corrected chi connectivity index (χ3v) is 17.3. The predicted molar refractivity (Wildman–Crippen MR) is 278 cm³/mol. The third kappa shape index (κ3) is 6.79. The fourth-order valence-electron chi connectivity index (χ4n) is 9.74. The highest BCUT2D eigenvalue weighted by atomic mass is 32.1. The van der Waals surface area contributed by atoms with Gasteiger partial charge in [-0.25, -0.2) is 15.0 Å². The summed E-state index contributed by atoms with van der Waals surface area (Å²) in [5.74, 6) is 2.05. The van der Waals surface area contributed by atoms with Crippen molar-refractivity contribution in [1.29, 1.82) is 0 Å². The van der Waals surface area contributed by atoms with Gasteiger partial charge in [-0.15, -0.1) is 22.7 Å². The van der Waals surface area contributed by atoms with Gasteiger partial charge in [0.1, 0.15) is 0 Å². The Balaban J connectivity index is 0.990. The maximum absolute atomic E-state index is 5.14. The Kier molecular flexibility index (Phi) is 9.46. The molecule has 0 spiro atoms. The van der Waals surface area contributed by atoms with Crippen LogP contribution in [0.25, 0.3) is 86.3 Å². The summed E-state index contributed by atoms with van der Waals surface area (Å²) < 4.78 is 2.43. The zero-order valence-corrected chi connectivity index (χ0v) is 38.9. The van der Waals surface area contributed by atoms with Crippen LogP contribution in [0.1, 0.15) is 22.3 Å². The second kappa shape index (κ2) is 15.6. The van der Waals surface area contributed by atoms with Crippen molar-refractivity contribution in [3.8, 4) is 66.2 Å². The summed E-state index contributed by atoms with van der Waals surface area (Å²) in [5, 5.41) is 3.85. The zero-order chi connectivity index (χ0) is 43.7. The molecular weight excluding hydrogens is 843 g/mol.